The van der Waals surface area contributed by atoms with Gasteiger partial charge < -0.3 is 20.4 Å². The van der Waals surface area contributed by atoms with Crippen molar-refractivity contribution in [1.82, 2.24) is 10.2 Å². The molecule has 2 aromatic carbocycles. The fourth-order valence-electron chi connectivity index (χ4n) is 3.77. The average molecular weight is 393 g/mol. The second-order valence-corrected chi connectivity index (χ2v) is 7.79. The van der Waals surface area contributed by atoms with Gasteiger partial charge in [-0.1, -0.05) is 36.8 Å². The number of carbonyl (C=O) groups is 2. The molecule has 1 saturated heterocycles. The zero-order chi connectivity index (χ0) is 20.1. The Morgan fingerprint density at radius 1 is 0.931 bits per heavy atom. The third-order valence-corrected chi connectivity index (χ3v) is 5.80. The largest absolute Gasteiger partial charge is 0.368 e. The zero-order valence-electron chi connectivity index (χ0n) is 16.6. The molecule has 1 heterocycles. The Hall–Kier alpha value is -3.02. The van der Waals surface area contributed by atoms with Crippen LogP contribution in [0.25, 0.3) is 0 Å². The number of nitrogens with zero attached hydrogens (tertiary/aromatic N) is 2. The maximum absolute atomic E-state index is 12.5. The normalized spacial score (nSPS) is 16.8. The summed E-state index contributed by atoms with van der Waals surface area (Å²) in [7, 11) is 0. The predicted molar refractivity (Wildman–Crippen MR) is 115 cm³/mol. The molecule has 2 N–H and O–H groups in total. The van der Waals surface area contributed by atoms with Gasteiger partial charge in [-0.15, -0.1) is 0 Å². The van der Waals surface area contributed by atoms with Gasteiger partial charge in [-0.2, -0.15) is 0 Å². The molecule has 0 unspecified atom stereocenters. The van der Waals surface area contributed by atoms with Crippen LogP contribution in [-0.2, 0) is 11.3 Å². The molecule has 1 saturated carbocycles. The number of urea groups is 1. The number of hydrogen-bond donors (Lipinski definition) is 2. The van der Waals surface area contributed by atoms with Gasteiger partial charge in [-0.25, -0.2) is 4.79 Å². The molecule has 3 amide bonds. The predicted octanol–water partition coefficient (Wildman–Crippen LogP) is 3.46. The summed E-state index contributed by atoms with van der Waals surface area (Å²) in [6, 6.07) is 18.0. The summed E-state index contributed by atoms with van der Waals surface area (Å²) in [6.45, 7) is 3.53. The maximum atomic E-state index is 12.5. The second-order valence-electron chi connectivity index (χ2n) is 7.79. The lowest BCUT2D eigenvalue weighted by molar-refractivity contribution is -0.122. The molecule has 0 spiro atoms. The first-order valence-electron chi connectivity index (χ1n) is 10.4. The highest BCUT2D eigenvalue weighted by molar-refractivity contribution is 5.93. The fraction of sp³-hybridized carbons (Fsp3) is 0.391. The van der Waals surface area contributed by atoms with Gasteiger partial charge in [0.15, 0.2) is 0 Å². The number of benzene rings is 2. The van der Waals surface area contributed by atoms with Crippen LogP contribution in [0.4, 0.5) is 16.2 Å². The maximum Gasteiger partial charge on any atom is 0.317 e. The van der Waals surface area contributed by atoms with E-state index in [1.807, 2.05) is 47.4 Å². The standard InChI is InChI=1S/C23H28N4O2/c28-22(19-7-5-8-19)25-20-9-4-6-18(16-20)17-24-23(29)27-14-12-26(13-15-27)21-10-2-1-3-11-21/h1-4,6,9-11,16,19H,5,7-8,12-15,17H2,(H,24,29)(H,25,28). The minimum absolute atomic E-state index is 0.0402. The first-order chi connectivity index (χ1) is 14.2. The summed E-state index contributed by atoms with van der Waals surface area (Å²) >= 11 is 0. The molecule has 1 aliphatic heterocycles. The van der Waals surface area contributed by atoms with E-state index in [0.717, 1.165) is 43.6 Å². The molecule has 1 aliphatic carbocycles. The highest BCUT2D eigenvalue weighted by atomic mass is 16.2. The molecule has 29 heavy (non-hydrogen) atoms. The van der Waals surface area contributed by atoms with Crippen LogP contribution in [0.2, 0.25) is 0 Å². The summed E-state index contributed by atoms with van der Waals surface area (Å²) < 4.78 is 0. The number of carbonyl (C=O) groups excluding carboxylic acids is 2. The molecule has 0 radical (unpaired) electrons. The zero-order valence-corrected chi connectivity index (χ0v) is 16.6. The Morgan fingerprint density at radius 3 is 2.38 bits per heavy atom. The van der Waals surface area contributed by atoms with E-state index in [1.54, 1.807) is 0 Å². The van der Waals surface area contributed by atoms with Gasteiger partial charge in [-0.3, -0.25) is 4.79 Å². The van der Waals surface area contributed by atoms with Crippen LogP contribution in [0, 0.1) is 5.92 Å². The van der Waals surface area contributed by atoms with Gasteiger partial charge in [0.25, 0.3) is 0 Å². The smallest absolute Gasteiger partial charge is 0.317 e. The molecule has 4 rings (SSSR count). The number of hydrogen-bond acceptors (Lipinski definition) is 3. The Kier molecular flexibility index (Phi) is 5.98. The molecule has 6 heteroatoms. The Labute approximate surface area is 171 Å². The molecule has 0 bridgehead atoms. The van der Waals surface area contributed by atoms with Gasteiger partial charge in [0, 0.05) is 50.0 Å². The van der Waals surface area contributed by atoms with Gasteiger partial charge >= 0.3 is 6.03 Å². The lowest BCUT2D eigenvalue weighted by atomic mass is 9.85. The van der Waals surface area contributed by atoms with Crippen molar-refractivity contribution >= 4 is 23.3 Å². The summed E-state index contributed by atoms with van der Waals surface area (Å²) in [6.07, 6.45) is 3.11. The third-order valence-electron chi connectivity index (χ3n) is 5.80. The molecule has 152 valence electrons. The van der Waals surface area contributed by atoms with E-state index in [0.29, 0.717) is 19.6 Å². The quantitative estimate of drug-likeness (QED) is 0.819. The summed E-state index contributed by atoms with van der Waals surface area (Å²) in [4.78, 5) is 28.8. The minimum Gasteiger partial charge on any atom is -0.368 e. The van der Waals surface area contributed by atoms with Crippen molar-refractivity contribution in [3.63, 3.8) is 0 Å². The monoisotopic (exact) mass is 392 g/mol. The van der Waals surface area contributed by atoms with Crippen molar-refractivity contribution in [2.24, 2.45) is 5.92 Å². The highest BCUT2D eigenvalue weighted by Gasteiger charge is 2.25. The molecular formula is C23H28N4O2. The fourth-order valence-corrected chi connectivity index (χ4v) is 3.77. The Bertz CT molecular complexity index is 843. The van der Waals surface area contributed by atoms with Crippen molar-refractivity contribution in [2.45, 2.75) is 25.8 Å². The highest BCUT2D eigenvalue weighted by Crippen LogP contribution is 2.27. The number of amides is 3. The van der Waals surface area contributed by atoms with E-state index in [2.05, 4.69) is 27.7 Å². The van der Waals surface area contributed by atoms with Crippen molar-refractivity contribution < 1.29 is 9.59 Å². The average Bonchev–Trinajstić information content (AvgIpc) is 2.72. The first-order valence-corrected chi connectivity index (χ1v) is 10.4. The first kappa shape index (κ1) is 19.3. The minimum atomic E-state index is -0.0402. The second kappa shape index (κ2) is 8.99. The van der Waals surface area contributed by atoms with Crippen LogP contribution in [0.3, 0.4) is 0 Å². The summed E-state index contributed by atoms with van der Waals surface area (Å²) in [5.41, 5.74) is 2.98. The summed E-state index contributed by atoms with van der Waals surface area (Å²) in [5.74, 6) is 0.265. The van der Waals surface area contributed by atoms with E-state index in [-0.39, 0.29) is 17.9 Å². The van der Waals surface area contributed by atoms with E-state index < -0.39 is 0 Å². The van der Waals surface area contributed by atoms with E-state index >= 15 is 0 Å². The van der Waals surface area contributed by atoms with Gasteiger partial charge in [0.05, 0.1) is 0 Å². The van der Waals surface area contributed by atoms with Crippen LogP contribution >= 0.6 is 0 Å². The molecule has 2 aliphatic rings. The third kappa shape index (κ3) is 4.88. The molecule has 2 fully saturated rings. The molecular weight excluding hydrogens is 364 g/mol. The number of para-hydroxylation sites is 1. The molecule has 2 aromatic rings. The number of anilines is 2. The molecule has 0 aromatic heterocycles. The van der Waals surface area contributed by atoms with Crippen LogP contribution in [-0.4, -0.2) is 43.0 Å². The summed E-state index contributed by atoms with van der Waals surface area (Å²) in [5, 5.41) is 5.99. The van der Waals surface area contributed by atoms with Crippen molar-refractivity contribution in [1.29, 1.82) is 0 Å². The van der Waals surface area contributed by atoms with E-state index in [4.69, 9.17) is 0 Å². The van der Waals surface area contributed by atoms with Crippen LogP contribution < -0.4 is 15.5 Å². The van der Waals surface area contributed by atoms with E-state index in [1.165, 1.54) is 5.69 Å². The number of rotatable bonds is 5. The number of nitrogens with one attached hydrogen (secondary N) is 2. The van der Waals surface area contributed by atoms with Crippen LogP contribution in [0.15, 0.2) is 54.6 Å². The Morgan fingerprint density at radius 2 is 1.69 bits per heavy atom. The van der Waals surface area contributed by atoms with Gasteiger partial charge in [0.2, 0.25) is 5.91 Å². The number of piperazine rings is 1. The lowest BCUT2D eigenvalue weighted by Gasteiger charge is -2.36. The molecule has 6 nitrogen and oxygen atoms in total. The van der Waals surface area contributed by atoms with Crippen LogP contribution in [0.1, 0.15) is 24.8 Å². The SMILES string of the molecule is O=C(Nc1cccc(CNC(=O)N2CCN(c3ccccc3)CC2)c1)C1CCC1. The van der Waals surface area contributed by atoms with E-state index in [9.17, 15) is 9.59 Å². The van der Waals surface area contributed by atoms with Gasteiger partial charge in [-0.05, 0) is 42.7 Å². The molecule has 0 atom stereocenters. The van der Waals surface area contributed by atoms with Crippen molar-refractivity contribution in [3.05, 3.63) is 60.2 Å². The topological polar surface area (TPSA) is 64.7 Å². The lowest BCUT2D eigenvalue weighted by Crippen LogP contribution is -2.51. The van der Waals surface area contributed by atoms with Crippen LogP contribution in [0.5, 0.6) is 0 Å². The Balaban J connectivity index is 1.24. The van der Waals surface area contributed by atoms with Crippen molar-refractivity contribution in [2.75, 3.05) is 36.4 Å². The van der Waals surface area contributed by atoms with Crippen molar-refractivity contribution in [3.8, 4) is 0 Å². The van der Waals surface area contributed by atoms with Gasteiger partial charge in [0.1, 0.15) is 0 Å².